The number of hydrogen-bond donors (Lipinski definition) is 1. The fourth-order valence-electron chi connectivity index (χ4n) is 3.03. The lowest BCUT2D eigenvalue weighted by Gasteiger charge is -2.20. The van der Waals surface area contributed by atoms with E-state index in [4.69, 9.17) is 4.74 Å². The molecule has 0 aliphatic carbocycles. The molecule has 1 N–H and O–H groups in total. The number of H-pyrrole nitrogens is 1. The normalized spacial score (nSPS) is 23.6. The molecular formula is C18H22N2O3S. The number of carbonyl (C=O) groups excluding carboxylic acids is 2. The number of nitrogens with one attached hydrogen (secondary N) is 1. The first-order valence-corrected chi connectivity index (χ1v) is 9.34. The molecule has 6 heteroatoms. The van der Waals surface area contributed by atoms with E-state index in [0.717, 1.165) is 30.3 Å². The number of nitrogens with zero attached hydrogens (tertiary/aromatic N) is 1. The van der Waals surface area contributed by atoms with Gasteiger partial charge in [-0.05, 0) is 25.5 Å². The number of unbranched alkanes of at least 4 members (excludes halogenated alkanes) is 1. The standard InChI is InChI=1S/C18H22N2O3S/c1-3-4-7-12-10-18(2,23-16(12)22)15(21)11-24-17-19-13-8-5-6-9-14(13)20-17/h5-6,8-9,12H,3-4,7,10-11H2,1-2H3,(H,19,20)/t12-,18+/m1/s1. The number of imidazole rings is 1. The van der Waals surface area contributed by atoms with Gasteiger partial charge in [0.2, 0.25) is 0 Å². The minimum absolute atomic E-state index is 0.0553. The molecule has 1 saturated heterocycles. The number of rotatable bonds is 7. The number of hydrogen-bond acceptors (Lipinski definition) is 5. The monoisotopic (exact) mass is 346 g/mol. The Morgan fingerprint density at radius 1 is 1.46 bits per heavy atom. The summed E-state index contributed by atoms with van der Waals surface area (Å²) >= 11 is 1.35. The highest BCUT2D eigenvalue weighted by Crippen LogP contribution is 2.35. The van der Waals surface area contributed by atoms with Crippen molar-refractivity contribution in [1.29, 1.82) is 0 Å². The van der Waals surface area contributed by atoms with Crippen LogP contribution in [0.25, 0.3) is 11.0 Å². The second kappa shape index (κ2) is 6.97. The Morgan fingerprint density at radius 2 is 2.25 bits per heavy atom. The van der Waals surface area contributed by atoms with Gasteiger partial charge in [-0.2, -0.15) is 0 Å². The molecule has 0 unspecified atom stereocenters. The van der Waals surface area contributed by atoms with E-state index in [-0.39, 0.29) is 23.4 Å². The smallest absolute Gasteiger partial charge is 0.310 e. The molecule has 5 nitrogen and oxygen atoms in total. The molecule has 2 heterocycles. The number of Topliss-reactive ketones (excluding diaryl/α,β-unsaturated/α-hetero) is 1. The first-order valence-electron chi connectivity index (χ1n) is 8.35. The summed E-state index contributed by atoms with van der Waals surface area (Å²) in [6.07, 6.45) is 3.31. The lowest BCUT2D eigenvalue weighted by atomic mass is 9.90. The maximum absolute atomic E-state index is 12.6. The van der Waals surface area contributed by atoms with E-state index in [1.807, 2.05) is 24.3 Å². The molecular weight excluding hydrogens is 324 g/mol. The van der Waals surface area contributed by atoms with Gasteiger partial charge in [0.25, 0.3) is 0 Å². The summed E-state index contributed by atoms with van der Waals surface area (Å²) in [5.41, 5.74) is 0.838. The van der Waals surface area contributed by atoms with Gasteiger partial charge < -0.3 is 9.72 Å². The van der Waals surface area contributed by atoms with Gasteiger partial charge in [-0.1, -0.05) is 43.7 Å². The Kier molecular flexibility index (Phi) is 4.94. The largest absolute Gasteiger partial charge is 0.451 e. The first kappa shape index (κ1) is 17.0. The van der Waals surface area contributed by atoms with Gasteiger partial charge in [0.1, 0.15) is 0 Å². The van der Waals surface area contributed by atoms with Crippen LogP contribution in [0.4, 0.5) is 0 Å². The van der Waals surface area contributed by atoms with Crippen LogP contribution in [0.15, 0.2) is 29.4 Å². The quantitative estimate of drug-likeness (QED) is 0.611. The molecule has 1 aliphatic rings. The van der Waals surface area contributed by atoms with E-state index in [0.29, 0.717) is 11.6 Å². The number of ketones is 1. The van der Waals surface area contributed by atoms with E-state index in [1.165, 1.54) is 11.8 Å². The average Bonchev–Trinajstić information content (AvgIpc) is 3.11. The molecule has 1 aromatic heterocycles. The fourth-order valence-corrected chi connectivity index (χ4v) is 3.94. The van der Waals surface area contributed by atoms with Crippen molar-refractivity contribution < 1.29 is 14.3 Å². The van der Waals surface area contributed by atoms with E-state index in [9.17, 15) is 9.59 Å². The van der Waals surface area contributed by atoms with Crippen LogP contribution < -0.4 is 0 Å². The third kappa shape index (κ3) is 3.48. The van der Waals surface area contributed by atoms with Gasteiger partial charge in [0.15, 0.2) is 16.5 Å². The van der Waals surface area contributed by atoms with E-state index in [2.05, 4.69) is 16.9 Å². The highest BCUT2D eigenvalue weighted by atomic mass is 32.2. The maximum Gasteiger partial charge on any atom is 0.310 e. The zero-order valence-corrected chi connectivity index (χ0v) is 14.8. The summed E-state index contributed by atoms with van der Waals surface area (Å²) in [4.78, 5) is 32.2. The molecule has 1 aromatic carbocycles. The Bertz CT molecular complexity index is 725. The number of benzene rings is 1. The molecule has 128 valence electrons. The molecule has 0 amide bonds. The summed E-state index contributed by atoms with van der Waals surface area (Å²) in [5.74, 6) is -0.187. The molecule has 0 radical (unpaired) electrons. The number of para-hydroxylation sites is 2. The van der Waals surface area contributed by atoms with Gasteiger partial charge in [0.05, 0.1) is 22.7 Å². The summed E-state index contributed by atoms with van der Waals surface area (Å²) in [6.45, 7) is 3.83. The molecule has 3 rings (SSSR count). The van der Waals surface area contributed by atoms with Crippen molar-refractivity contribution in [2.45, 2.75) is 50.3 Å². The zero-order chi connectivity index (χ0) is 17.2. The van der Waals surface area contributed by atoms with E-state index in [1.54, 1.807) is 6.92 Å². The molecule has 24 heavy (non-hydrogen) atoms. The third-order valence-corrected chi connectivity index (χ3v) is 5.37. The first-order chi connectivity index (χ1) is 11.5. The second-order valence-electron chi connectivity index (χ2n) is 6.47. The number of fused-ring (bicyclic) bond motifs is 1. The molecule has 2 aromatic rings. The highest BCUT2D eigenvalue weighted by Gasteiger charge is 2.47. The fraction of sp³-hybridized carbons (Fsp3) is 0.500. The number of cyclic esters (lactones) is 1. The Labute approximate surface area is 145 Å². The van der Waals surface area contributed by atoms with Crippen molar-refractivity contribution in [2.75, 3.05) is 5.75 Å². The van der Waals surface area contributed by atoms with Gasteiger partial charge in [-0.3, -0.25) is 9.59 Å². The van der Waals surface area contributed by atoms with Crippen LogP contribution in [0.1, 0.15) is 39.5 Å². The topological polar surface area (TPSA) is 72.1 Å². The summed E-state index contributed by atoms with van der Waals surface area (Å²) in [6, 6.07) is 7.75. The van der Waals surface area contributed by atoms with Crippen molar-refractivity contribution in [2.24, 2.45) is 5.92 Å². The van der Waals surface area contributed by atoms with Crippen LogP contribution in [0, 0.1) is 5.92 Å². The van der Waals surface area contributed by atoms with Gasteiger partial charge >= 0.3 is 5.97 Å². The number of esters is 1. The predicted octanol–water partition coefficient (Wildman–Crippen LogP) is 3.74. The van der Waals surface area contributed by atoms with Crippen molar-refractivity contribution in [3.8, 4) is 0 Å². The molecule has 0 saturated carbocycles. The highest BCUT2D eigenvalue weighted by molar-refractivity contribution is 7.99. The summed E-state index contributed by atoms with van der Waals surface area (Å²) in [5, 5.41) is 0.708. The number of aromatic amines is 1. The van der Waals surface area contributed by atoms with Crippen LogP contribution in [0.5, 0.6) is 0 Å². The second-order valence-corrected chi connectivity index (χ2v) is 7.43. The SMILES string of the molecule is CCCC[C@@H]1C[C@@](C)(C(=O)CSc2nc3ccccc3[nH]2)OC1=O. The number of thioether (sulfide) groups is 1. The van der Waals surface area contributed by atoms with E-state index < -0.39 is 5.60 Å². The van der Waals surface area contributed by atoms with Gasteiger partial charge in [0, 0.05) is 6.42 Å². The number of ether oxygens (including phenoxy) is 1. The minimum Gasteiger partial charge on any atom is -0.451 e. The van der Waals surface area contributed by atoms with Crippen LogP contribution >= 0.6 is 11.8 Å². The van der Waals surface area contributed by atoms with Crippen molar-refractivity contribution >= 4 is 34.5 Å². The Balaban J connectivity index is 1.61. The molecule has 2 atom stereocenters. The van der Waals surface area contributed by atoms with Crippen LogP contribution in [0.3, 0.4) is 0 Å². The van der Waals surface area contributed by atoms with E-state index >= 15 is 0 Å². The third-order valence-electron chi connectivity index (χ3n) is 4.50. The zero-order valence-electron chi connectivity index (χ0n) is 14.0. The predicted molar refractivity (Wildman–Crippen MR) is 94.0 cm³/mol. The summed E-state index contributed by atoms with van der Waals surface area (Å²) in [7, 11) is 0. The summed E-state index contributed by atoms with van der Waals surface area (Å²) < 4.78 is 5.44. The van der Waals surface area contributed by atoms with Gasteiger partial charge in [-0.15, -0.1) is 0 Å². The minimum atomic E-state index is -0.992. The lowest BCUT2D eigenvalue weighted by molar-refractivity contribution is -0.156. The molecule has 0 spiro atoms. The van der Waals surface area contributed by atoms with Crippen molar-refractivity contribution in [3.05, 3.63) is 24.3 Å². The Hall–Kier alpha value is -1.82. The molecule has 0 bridgehead atoms. The van der Waals surface area contributed by atoms with Crippen LogP contribution in [-0.2, 0) is 14.3 Å². The van der Waals surface area contributed by atoms with Crippen LogP contribution in [0.2, 0.25) is 0 Å². The molecule has 1 aliphatic heterocycles. The number of aromatic nitrogens is 2. The average molecular weight is 346 g/mol. The lowest BCUT2D eigenvalue weighted by Crippen LogP contribution is -2.36. The number of carbonyl (C=O) groups is 2. The van der Waals surface area contributed by atoms with Crippen molar-refractivity contribution in [1.82, 2.24) is 9.97 Å². The Morgan fingerprint density at radius 3 is 3.00 bits per heavy atom. The van der Waals surface area contributed by atoms with Crippen molar-refractivity contribution in [3.63, 3.8) is 0 Å². The van der Waals surface area contributed by atoms with Crippen LogP contribution in [-0.4, -0.2) is 33.1 Å². The molecule has 1 fully saturated rings. The van der Waals surface area contributed by atoms with Gasteiger partial charge in [-0.25, -0.2) is 4.98 Å². The maximum atomic E-state index is 12.6.